The summed E-state index contributed by atoms with van der Waals surface area (Å²) in [4.78, 5) is 24.4. The molecule has 254 valence electrons. The second-order valence-electron chi connectivity index (χ2n) is 13.4. The highest BCUT2D eigenvalue weighted by atomic mass is 16.5. The Morgan fingerprint density at radius 1 is 0.917 bits per heavy atom. The molecule has 5 nitrogen and oxygen atoms in total. The Kier molecular flexibility index (Phi) is 14.9. The van der Waals surface area contributed by atoms with E-state index < -0.39 is 5.97 Å². The maximum absolute atomic E-state index is 13.4. The summed E-state index contributed by atoms with van der Waals surface area (Å²) in [6.45, 7) is 7.59. The van der Waals surface area contributed by atoms with E-state index in [1.54, 1.807) is 0 Å². The van der Waals surface area contributed by atoms with Crippen molar-refractivity contribution in [3.05, 3.63) is 89.0 Å². The second kappa shape index (κ2) is 19.6. The lowest BCUT2D eigenvalue weighted by atomic mass is 9.63. The van der Waals surface area contributed by atoms with Crippen molar-refractivity contribution >= 4 is 11.9 Å². The molecule has 0 saturated heterocycles. The first-order chi connectivity index (χ1) is 23.4. The van der Waals surface area contributed by atoms with Gasteiger partial charge in [0.15, 0.2) is 0 Å². The van der Waals surface area contributed by atoms with Crippen molar-refractivity contribution < 1.29 is 23.8 Å². The number of carbonyl (C=O) groups excluding carboxylic acids is 2. The third-order valence-corrected chi connectivity index (χ3v) is 10.0. The molecule has 2 aliphatic rings. The van der Waals surface area contributed by atoms with Gasteiger partial charge in [0.2, 0.25) is 0 Å². The van der Waals surface area contributed by atoms with E-state index in [9.17, 15) is 9.59 Å². The smallest absolute Gasteiger partial charge is 0.384 e. The molecule has 2 aromatic carbocycles. The Hall–Kier alpha value is -4.22. The molecule has 0 amide bonds. The van der Waals surface area contributed by atoms with Crippen molar-refractivity contribution in [2.75, 3.05) is 19.8 Å². The van der Waals surface area contributed by atoms with Gasteiger partial charge in [-0.15, -0.1) is 6.42 Å². The quantitative estimate of drug-likeness (QED) is 0.0940. The molecule has 0 aromatic heterocycles. The maximum Gasteiger partial charge on any atom is 0.384 e. The zero-order valence-corrected chi connectivity index (χ0v) is 29.0. The van der Waals surface area contributed by atoms with Crippen LogP contribution in [0.2, 0.25) is 0 Å². The van der Waals surface area contributed by atoms with Gasteiger partial charge in [-0.25, -0.2) is 4.79 Å². The molecule has 0 radical (unpaired) electrons. The fourth-order valence-corrected chi connectivity index (χ4v) is 7.29. The molecule has 4 rings (SSSR count). The zero-order valence-electron chi connectivity index (χ0n) is 29.0. The van der Waals surface area contributed by atoms with Gasteiger partial charge in [-0.05, 0) is 92.2 Å². The fourth-order valence-electron chi connectivity index (χ4n) is 7.29. The van der Waals surface area contributed by atoms with E-state index in [0.717, 1.165) is 35.6 Å². The molecule has 2 aliphatic carbocycles. The van der Waals surface area contributed by atoms with Crippen LogP contribution < -0.4 is 4.74 Å². The standard InChI is InChI=1S/C43H52O5/c1-5-11-34-18-22-37(23-19-34)41-27-26-40(33(4)39(41)13-9-7-8-12-35-16-14-32(3)15-17-35)43(45)48-31-28-36-20-24-38(25-21-36)46-29-10-30-47-42(44)6-2/h2,7,9,13-17,20-21,24-25,33-34,37,40-41H,5,10-11,18-19,22-23,26-31H2,1,3-4H3/b9-7+,39-13+. The topological polar surface area (TPSA) is 61.8 Å². The predicted molar refractivity (Wildman–Crippen MR) is 192 cm³/mol. The zero-order chi connectivity index (χ0) is 34.1. The Labute approximate surface area is 288 Å². The largest absolute Gasteiger partial charge is 0.493 e. The monoisotopic (exact) mass is 648 g/mol. The lowest BCUT2D eigenvalue weighted by molar-refractivity contribution is -0.151. The minimum absolute atomic E-state index is 0.0906. The Bertz CT molecular complexity index is 1470. The first-order valence-corrected chi connectivity index (χ1v) is 17.8. The van der Waals surface area contributed by atoms with Crippen LogP contribution in [0.1, 0.15) is 88.3 Å². The maximum atomic E-state index is 13.4. The first-order valence-electron chi connectivity index (χ1n) is 17.8. The molecular weight excluding hydrogens is 596 g/mol. The highest BCUT2D eigenvalue weighted by molar-refractivity contribution is 5.87. The third-order valence-electron chi connectivity index (χ3n) is 10.0. The van der Waals surface area contributed by atoms with Crippen LogP contribution in [0, 0.1) is 60.7 Å². The average molecular weight is 649 g/mol. The van der Waals surface area contributed by atoms with Gasteiger partial charge in [0, 0.05) is 24.3 Å². The normalized spacial score (nSPS) is 23.1. The molecule has 0 N–H and O–H groups in total. The van der Waals surface area contributed by atoms with E-state index in [0.29, 0.717) is 37.9 Å². The molecule has 2 aromatic rings. The van der Waals surface area contributed by atoms with Crippen LogP contribution in [-0.2, 0) is 25.5 Å². The number of benzene rings is 2. The fraction of sp³-hybridized carbons (Fsp3) is 0.488. The van der Waals surface area contributed by atoms with Gasteiger partial charge < -0.3 is 14.2 Å². The lowest BCUT2D eigenvalue weighted by Crippen LogP contribution is -2.36. The van der Waals surface area contributed by atoms with Gasteiger partial charge >= 0.3 is 11.9 Å². The number of ether oxygens (including phenoxy) is 3. The van der Waals surface area contributed by atoms with E-state index >= 15 is 0 Å². The van der Waals surface area contributed by atoms with Gasteiger partial charge in [0.25, 0.3) is 0 Å². The van der Waals surface area contributed by atoms with Crippen molar-refractivity contribution in [3.63, 3.8) is 0 Å². The van der Waals surface area contributed by atoms with Crippen LogP contribution in [0.25, 0.3) is 0 Å². The highest BCUT2D eigenvalue weighted by Crippen LogP contribution is 2.47. The first kappa shape index (κ1) is 36.6. The molecule has 2 saturated carbocycles. The third kappa shape index (κ3) is 11.5. The summed E-state index contributed by atoms with van der Waals surface area (Å²) in [5, 5.41) is 0. The van der Waals surface area contributed by atoms with Crippen molar-refractivity contribution in [2.24, 2.45) is 29.6 Å². The summed E-state index contributed by atoms with van der Waals surface area (Å²) in [5.74, 6) is 10.4. The lowest BCUT2D eigenvalue weighted by Gasteiger charge is -2.42. The number of carbonyl (C=O) groups is 2. The number of esters is 2. The molecule has 0 heterocycles. The molecular formula is C43H52O5. The van der Waals surface area contributed by atoms with Crippen molar-refractivity contribution in [3.8, 4) is 29.9 Å². The average Bonchev–Trinajstić information content (AvgIpc) is 3.10. The molecule has 48 heavy (non-hydrogen) atoms. The minimum Gasteiger partial charge on any atom is -0.493 e. The number of hydrogen-bond acceptors (Lipinski definition) is 5. The molecule has 3 atom stereocenters. The van der Waals surface area contributed by atoms with Gasteiger partial charge in [0.1, 0.15) is 5.75 Å². The van der Waals surface area contributed by atoms with E-state index in [1.807, 2.05) is 36.3 Å². The van der Waals surface area contributed by atoms with E-state index in [2.05, 4.69) is 69.0 Å². The summed E-state index contributed by atoms with van der Waals surface area (Å²) < 4.78 is 16.4. The molecule has 0 bridgehead atoms. The van der Waals surface area contributed by atoms with Gasteiger partial charge in [-0.2, -0.15) is 0 Å². The van der Waals surface area contributed by atoms with Crippen molar-refractivity contribution in [1.29, 1.82) is 0 Å². The number of rotatable bonds is 13. The second-order valence-corrected chi connectivity index (χ2v) is 13.4. The van der Waals surface area contributed by atoms with E-state index in [1.165, 1.54) is 49.7 Å². The summed E-state index contributed by atoms with van der Waals surface area (Å²) in [7, 11) is 0. The molecule has 0 aliphatic heterocycles. The summed E-state index contributed by atoms with van der Waals surface area (Å²) in [6, 6.07) is 16.0. The Morgan fingerprint density at radius 2 is 1.67 bits per heavy atom. The van der Waals surface area contributed by atoms with Gasteiger partial charge in [-0.3, -0.25) is 4.79 Å². The minimum atomic E-state index is -0.660. The van der Waals surface area contributed by atoms with Crippen LogP contribution in [0.5, 0.6) is 5.75 Å². The van der Waals surface area contributed by atoms with E-state index in [4.69, 9.17) is 20.6 Å². The Balaban J connectivity index is 1.32. The number of allylic oxidation sites excluding steroid dienone is 4. The van der Waals surface area contributed by atoms with Crippen molar-refractivity contribution in [1.82, 2.24) is 0 Å². The number of hydrogen-bond donors (Lipinski definition) is 0. The van der Waals surface area contributed by atoms with E-state index in [-0.39, 0.29) is 24.4 Å². The SMILES string of the molecule is C#CC(=O)OCCCOc1ccc(CCOC(=O)C2CCC(C3CCC(CCC)CC3)/C(=C/C=C/C#Cc3ccc(C)cc3)C2C)cc1. The molecule has 0 spiro atoms. The van der Waals surface area contributed by atoms with Crippen molar-refractivity contribution in [2.45, 2.75) is 85.0 Å². The number of terminal acetylenes is 1. The summed E-state index contributed by atoms with van der Waals surface area (Å²) >= 11 is 0. The highest BCUT2D eigenvalue weighted by Gasteiger charge is 2.40. The molecule has 3 unspecified atom stereocenters. The van der Waals surface area contributed by atoms with Gasteiger partial charge in [0.05, 0.1) is 25.7 Å². The van der Waals surface area contributed by atoms with Gasteiger partial charge in [-0.1, -0.05) is 98.9 Å². The number of aryl methyl sites for hydroxylation is 1. The Morgan fingerprint density at radius 3 is 2.38 bits per heavy atom. The van der Waals surface area contributed by atoms with Crippen LogP contribution in [0.15, 0.2) is 72.3 Å². The van der Waals surface area contributed by atoms with Crippen LogP contribution >= 0.6 is 0 Å². The summed E-state index contributed by atoms with van der Waals surface area (Å²) in [5.41, 5.74) is 4.70. The van der Waals surface area contributed by atoms with Crippen LogP contribution in [-0.4, -0.2) is 31.8 Å². The molecule has 5 heteroatoms. The van der Waals surface area contributed by atoms with Crippen LogP contribution in [0.3, 0.4) is 0 Å². The predicted octanol–water partition coefficient (Wildman–Crippen LogP) is 8.83. The molecule has 2 fully saturated rings. The summed E-state index contributed by atoms with van der Waals surface area (Å²) in [6.07, 6.45) is 22.2. The van der Waals surface area contributed by atoms with Crippen LogP contribution in [0.4, 0.5) is 0 Å².